The van der Waals surface area contributed by atoms with Crippen LogP contribution in [-0.2, 0) is 6.54 Å². The van der Waals surface area contributed by atoms with E-state index in [0.29, 0.717) is 12.2 Å². The number of hydrogen-bond acceptors (Lipinski definition) is 5. The van der Waals surface area contributed by atoms with Crippen LogP contribution in [0, 0.1) is 0 Å². The Balaban J connectivity index is 1.57. The molecule has 0 spiro atoms. The van der Waals surface area contributed by atoms with Crippen LogP contribution in [0.1, 0.15) is 5.56 Å². The quantitative estimate of drug-likeness (QED) is 0.748. The van der Waals surface area contributed by atoms with Gasteiger partial charge in [-0.15, -0.1) is 5.10 Å². The van der Waals surface area contributed by atoms with Crippen molar-refractivity contribution in [3.63, 3.8) is 0 Å². The van der Waals surface area contributed by atoms with Crippen molar-refractivity contribution in [2.45, 2.75) is 6.54 Å². The van der Waals surface area contributed by atoms with Gasteiger partial charge in [-0.05, 0) is 40.8 Å². The highest BCUT2D eigenvalue weighted by molar-refractivity contribution is 5.89. The molecule has 0 saturated heterocycles. The smallest absolute Gasteiger partial charge is 0.319 e. The van der Waals surface area contributed by atoms with Crippen LogP contribution >= 0.6 is 0 Å². The minimum absolute atomic E-state index is 0.295. The number of nitrogens with one attached hydrogen (secondary N) is 2. The number of rotatable bonds is 5. The number of carbonyl (C=O) groups excluding carboxylic acids is 1. The van der Waals surface area contributed by atoms with E-state index in [0.717, 1.165) is 17.0 Å². The van der Waals surface area contributed by atoms with Crippen LogP contribution in [0.15, 0.2) is 54.9 Å². The molecule has 0 radical (unpaired) electrons. The molecular weight excluding hydrogens is 308 g/mol. The fraction of sp³-hybridized carbons (Fsp3) is 0.125. The van der Waals surface area contributed by atoms with Crippen molar-refractivity contribution in [1.29, 1.82) is 0 Å². The first kappa shape index (κ1) is 15.5. The molecule has 3 rings (SSSR count). The Labute approximate surface area is 138 Å². The Bertz CT molecular complexity index is 802. The Morgan fingerprint density at radius 3 is 2.67 bits per heavy atom. The molecule has 2 amide bonds. The summed E-state index contributed by atoms with van der Waals surface area (Å²) in [5, 5.41) is 16.5. The lowest BCUT2D eigenvalue weighted by atomic mass is 10.2. The van der Waals surface area contributed by atoms with E-state index < -0.39 is 0 Å². The van der Waals surface area contributed by atoms with Crippen molar-refractivity contribution < 1.29 is 9.53 Å². The number of hydrogen-bond donors (Lipinski definition) is 2. The minimum atomic E-state index is -0.295. The van der Waals surface area contributed by atoms with E-state index in [-0.39, 0.29) is 6.03 Å². The molecule has 0 atom stereocenters. The van der Waals surface area contributed by atoms with Crippen molar-refractivity contribution in [2.24, 2.45) is 0 Å². The van der Waals surface area contributed by atoms with Gasteiger partial charge in [0.2, 0.25) is 0 Å². The zero-order chi connectivity index (χ0) is 16.8. The number of urea groups is 1. The van der Waals surface area contributed by atoms with Crippen LogP contribution in [0.5, 0.6) is 5.75 Å². The molecule has 8 heteroatoms. The summed E-state index contributed by atoms with van der Waals surface area (Å²) in [4.78, 5) is 12.0. The number of para-hydroxylation sites is 1. The molecule has 122 valence electrons. The molecule has 2 N–H and O–H groups in total. The van der Waals surface area contributed by atoms with Crippen LogP contribution in [0.25, 0.3) is 5.69 Å². The highest BCUT2D eigenvalue weighted by Crippen LogP contribution is 2.17. The molecule has 0 aliphatic carbocycles. The fourth-order valence-electron chi connectivity index (χ4n) is 2.18. The van der Waals surface area contributed by atoms with Gasteiger partial charge in [-0.2, -0.15) is 0 Å². The standard InChI is InChI=1S/C16H16N6O2/c1-24-15-5-3-2-4-12(15)10-17-16(23)19-13-6-8-14(9-7-13)22-11-18-20-21-22/h2-9,11H,10H2,1H3,(H2,17,19,23). The summed E-state index contributed by atoms with van der Waals surface area (Å²) in [6, 6.07) is 14.4. The maximum Gasteiger partial charge on any atom is 0.319 e. The number of nitrogens with zero attached hydrogens (tertiary/aromatic N) is 4. The Morgan fingerprint density at radius 1 is 1.17 bits per heavy atom. The highest BCUT2D eigenvalue weighted by Gasteiger charge is 2.05. The van der Waals surface area contributed by atoms with Crippen molar-refractivity contribution in [2.75, 3.05) is 12.4 Å². The zero-order valence-corrected chi connectivity index (χ0v) is 13.0. The number of tetrazole rings is 1. The van der Waals surface area contributed by atoms with E-state index in [4.69, 9.17) is 4.74 Å². The molecule has 2 aromatic carbocycles. The summed E-state index contributed by atoms with van der Waals surface area (Å²) in [6.07, 6.45) is 1.50. The predicted molar refractivity (Wildman–Crippen MR) is 88.0 cm³/mol. The number of aromatic nitrogens is 4. The average molecular weight is 324 g/mol. The number of ether oxygens (including phenoxy) is 1. The average Bonchev–Trinajstić information content (AvgIpc) is 3.15. The van der Waals surface area contributed by atoms with E-state index in [1.807, 2.05) is 36.4 Å². The van der Waals surface area contributed by atoms with Crippen molar-refractivity contribution >= 4 is 11.7 Å². The molecule has 8 nitrogen and oxygen atoms in total. The lowest BCUT2D eigenvalue weighted by Gasteiger charge is -2.10. The van der Waals surface area contributed by atoms with E-state index in [1.165, 1.54) is 11.0 Å². The first-order valence-corrected chi connectivity index (χ1v) is 7.26. The topological polar surface area (TPSA) is 94.0 Å². The van der Waals surface area contributed by atoms with E-state index in [1.54, 1.807) is 19.2 Å². The second-order valence-electron chi connectivity index (χ2n) is 4.92. The van der Waals surface area contributed by atoms with Crippen LogP contribution in [0.3, 0.4) is 0 Å². The van der Waals surface area contributed by atoms with Crippen molar-refractivity contribution in [3.8, 4) is 11.4 Å². The third-order valence-electron chi connectivity index (χ3n) is 3.37. The second-order valence-corrected chi connectivity index (χ2v) is 4.92. The third-order valence-corrected chi connectivity index (χ3v) is 3.37. The first-order valence-electron chi connectivity index (χ1n) is 7.26. The summed E-state index contributed by atoms with van der Waals surface area (Å²) in [7, 11) is 1.60. The van der Waals surface area contributed by atoms with Crippen molar-refractivity contribution in [3.05, 3.63) is 60.4 Å². The lowest BCUT2D eigenvalue weighted by molar-refractivity contribution is 0.251. The summed E-state index contributed by atoms with van der Waals surface area (Å²) < 4.78 is 6.79. The molecule has 0 saturated carbocycles. The summed E-state index contributed by atoms with van der Waals surface area (Å²) >= 11 is 0. The van der Waals surface area contributed by atoms with Gasteiger partial charge in [-0.3, -0.25) is 0 Å². The Morgan fingerprint density at radius 2 is 1.96 bits per heavy atom. The van der Waals surface area contributed by atoms with Gasteiger partial charge >= 0.3 is 6.03 Å². The van der Waals surface area contributed by atoms with Crippen LogP contribution in [0.2, 0.25) is 0 Å². The predicted octanol–water partition coefficient (Wildman–Crippen LogP) is 1.99. The third kappa shape index (κ3) is 3.67. The largest absolute Gasteiger partial charge is 0.496 e. The Kier molecular flexibility index (Phi) is 4.66. The van der Waals surface area contributed by atoms with Crippen LogP contribution < -0.4 is 15.4 Å². The molecule has 0 fully saturated rings. The molecule has 0 unspecified atom stereocenters. The van der Waals surface area contributed by atoms with E-state index >= 15 is 0 Å². The van der Waals surface area contributed by atoms with Gasteiger partial charge in [0.15, 0.2) is 0 Å². The maximum atomic E-state index is 12.0. The highest BCUT2D eigenvalue weighted by atomic mass is 16.5. The number of benzene rings is 2. The SMILES string of the molecule is COc1ccccc1CNC(=O)Nc1ccc(-n2cnnn2)cc1. The van der Waals surface area contributed by atoms with Gasteiger partial charge in [-0.25, -0.2) is 9.48 Å². The van der Waals surface area contributed by atoms with Gasteiger partial charge < -0.3 is 15.4 Å². The molecule has 3 aromatic rings. The lowest BCUT2D eigenvalue weighted by Crippen LogP contribution is -2.28. The summed E-state index contributed by atoms with van der Waals surface area (Å²) in [5.41, 5.74) is 2.38. The van der Waals surface area contributed by atoms with Crippen LogP contribution in [-0.4, -0.2) is 33.3 Å². The van der Waals surface area contributed by atoms with E-state index in [9.17, 15) is 4.79 Å². The number of anilines is 1. The molecule has 1 aromatic heterocycles. The molecule has 1 heterocycles. The van der Waals surface area contributed by atoms with Gasteiger partial charge in [0.25, 0.3) is 0 Å². The van der Waals surface area contributed by atoms with Gasteiger partial charge in [0.1, 0.15) is 12.1 Å². The molecule has 0 aliphatic rings. The number of methoxy groups -OCH3 is 1. The maximum absolute atomic E-state index is 12.0. The molecule has 0 bridgehead atoms. The molecule has 0 aliphatic heterocycles. The normalized spacial score (nSPS) is 10.2. The second kappa shape index (κ2) is 7.23. The summed E-state index contributed by atoms with van der Waals surface area (Å²) in [5.74, 6) is 0.739. The van der Waals surface area contributed by atoms with Gasteiger partial charge in [0.05, 0.1) is 12.8 Å². The number of carbonyl (C=O) groups is 1. The number of amides is 2. The van der Waals surface area contributed by atoms with Gasteiger partial charge in [0, 0.05) is 17.8 Å². The van der Waals surface area contributed by atoms with Gasteiger partial charge in [-0.1, -0.05) is 18.2 Å². The minimum Gasteiger partial charge on any atom is -0.496 e. The Hall–Kier alpha value is -3.42. The zero-order valence-electron chi connectivity index (χ0n) is 13.0. The monoisotopic (exact) mass is 324 g/mol. The first-order chi connectivity index (χ1) is 11.8. The molecular formula is C16H16N6O2. The van der Waals surface area contributed by atoms with Crippen LogP contribution in [0.4, 0.5) is 10.5 Å². The summed E-state index contributed by atoms with van der Waals surface area (Å²) in [6.45, 7) is 0.374. The van der Waals surface area contributed by atoms with E-state index in [2.05, 4.69) is 26.2 Å². The van der Waals surface area contributed by atoms with Crippen molar-refractivity contribution in [1.82, 2.24) is 25.5 Å². The fourth-order valence-corrected chi connectivity index (χ4v) is 2.18. The molecule has 24 heavy (non-hydrogen) atoms.